The molecule has 0 saturated heterocycles. The molecule has 0 heterocycles. The summed E-state index contributed by atoms with van der Waals surface area (Å²) in [5.74, 6) is 0. The van der Waals surface area contributed by atoms with Crippen molar-refractivity contribution in [2.75, 3.05) is 0 Å². The van der Waals surface area contributed by atoms with Gasteiger partial charge in [0.25, 0.3) is 0 Å². The molecule has 0 aliphatic heterocycles. The molecule has 0 bridgehead atoms. The first-order valence-corrected chi connectivity index (χ1v) is 3.21. The van der Waals surface area contributed by atoms with Gasteiger partial charge in [-0.2, -0.15) is 6.42 Å². The van der Waals surface area contributed by atoms with E-state index in [-0.39, 0.29) is 29.6 Å². The third kappa shape index (κ3) is 10.1. The molecule has 0 amide bonds. The van der Waals surface area contributed by atoms with Crippen molar-refractivity contribution in [1.82, 2.24) is 0 Å². The molecule has 0 aliphatic carbocycles. The summed E-state index contributed by atoms with van der Waals surface area (Å²) in [4.78, 5) is 0. The molecule has 0 aromatic carbocycles. The Morgan fingerprint density at radius 1 is 1.12 bits per heavy atom. The molecule has 44 valence electrons. The predicted octanol–water partition coefficient (Wildman–Crippen LogP) is -0.205. The maximum atomic E-state index is 3.76. The van der Waals surface area contributed by atoms with Crippen LogP contribution < -0.4 is 29.6 Å². The van der Waals surface area contributed by atoms with E-state index in [2.05, 4.69) is 13.8 Å². The second-order valence-corrected chi connectivity index (χ2v) is 1.91. The van der Waals surface area contributed by atoms with E-state index < -0.39 is 0 Å². The zero-order chi connectivity index (χ0) is 5.54. The fourth-order valence-corrected chi connectivity index (χ4v) is 0.604. The summed E-state index contributed by atoms with van der Waals surface area (Å²) >= 11 is 0. The van der Waals surface area contributed by atoms with Crippen LogP contribution in [0.25, 0.3) is 0 Å². The molecule has 0 saturated carbocycles. The zero-order valence-electron chi connectivity index (χ0n) is 6.24. The van der Waals surface area contributed by atoms with E-state index in [9.17, 15) is 0 Å². The summed E-state index contributed by atoms with van der Waals surface area (Å²) in [7, 11) is 0. The summed E-state index contributed by atoms with van der Waals surface area (Å²) in [5.41, 5.74) is 0. The van der Waals surface area contributed by atoms with Crippen LogP contribution in [0.5, 0.6) is 0 Å². The van der Waals surface area contributed by atoms with Gasteiger partial charge < -0.3 is 6.92 Å². The molecular weight excluding hydrogens is 107 g/mol. The van der Waals surface area contributed by atoms with Crippen molar-refractivity contribution >= 4 is 0 Å². The number of unbranched alkanes of at least 4 members (excludes halogenated alkanes) is 4. The van der Waals surface area contributed by atoms with Crippen molar-refractivity contribution in [1.29, 1.82) is 0 Å². The Labute approximate surface area is 75.3 Å². The first-order chi connectivity index (χ1) is 3.41. The first-order valence-electron chi connectivity index (χ1n) is 3.21. The van der Waals surface area contributed by atoms with Crippen LogP contribution in [0, 0.1) is 6.92 Å². The Morgan fingerprint density at radius 2 is 1.75 bits per heavy atom. The van der Waals surface area contributed by atoms with Crippen molar-refractivity contribution in [2.24, 2.45) is 0 Å². The Bertz CT molecular complexity index is 23.6. The quantitative estimate of drug-likeness (QED) is 0.275. The predicted molar refractivity (Wildman–Crippen MR) is 34.1 cm³/mol. The maximum Gasteiger partial charge on any atom is 1.00 e. The summed E-state index contributed by atoms with van der Waals surface area (Å²) in [6.07, 6.45) is 6.52. The molecule has 0 aromatic heterocycles. The van der Waals surface area contributed by atoms with Gasteiger partial charge in [-0.25, -0.2) is 0 Å². The minimum atomic E-state index is 0. The average Bonchev–Trinajstić information content (AvgIpc) is 1.69. The molecule has 0 radical (unpaired) electrons. The van der Waals surface area contributed by atoms with Crippen molar-refractivity contribution in [3.8, 4) is 0 Å². The van der Waals surface area contributed by atoms with Crippen LogP contribution in [0.2, 0.25) is 0 Å². The Balaban J connectivity index is 0. The summed E-state index contributed by atoms with van der Waals surface area (Å²) in [6.45, 7) is 5.98. The molecule has 0 N–H and O–H groups in total. The van der Waals surface area contributed by atoms with Crippen molar-refractivity contribution in [3.63, 3.8) is 0 Å². The van der Waals surface area contributed by atoms with Crippen LogP contribution in [0.3, 0.4) is 0 Å². The Kier molecular flexibility index (Phi) is 16.0. The van der Waals surface area contributed by atoms with E-state index in [4.69, 9.17) is 0 Å². The van der Waals surface area contributed by atoms with E-state index >= 15 is 0 Å². The average molecular weight is 122 g/mol. The van der Waals surface area contributed by atoms with E-state index in [0.717, 1.165) is 6.42 Å². The second kappa shape index (κ2) is 10.9. The van der Waals surface area contributed by atoms with Gasteiger partial charge in [-0.05, 0) is 0 Å². The molecule has 0 atom stereocenters. The molecule has 0 unspecified atom stereocenters. The fourth-order valence-electron chi connectivity index (χ4n) is 0.604. The second-order valence-electron chi connectivity index (χ2n) is 1.91. The van der Waals surface area contributed by atoms with Gasteiger partial charge in [0.15, 0.2) is 0 Å². The minimum absolute atomic E-state index is 0. The monoisotopic (exact) mass is 122 g/mol. The van der Waals surface area contributed by atoms with Gasteiger partial charge in [0, 0.05) is 0 Å². The molecule has 0 aliphatic rings. The largest absolute Gasteiger partial charge is 1.00 e. The topological polar surface area (TPSA) is 0 Å². The van der Waals surface area contributed by atoms with Crippen LogP contribution in [0.15, 0.2) is 0 Å². The van der Waals surface area contributed by atoms with Crippen molar-refractivity contribution in [2.45, 2.75) is 39.0 Å². The standard InChI is InChI=1S/C7H15.Na/c1-3-5-7-6-4-2;/h1,3-7H2,2H3;/q-1;+1. The summed E-state index contributed by atoms with van der Waals surface area (Å²) in [6, 6.07) is 0. The van der Waals surface area contributed by atoms with Gasteiger partial charge >= 0.3 is 29.6 Å². The fraction of sp³-hybridized carbons (Fsp3) is 0.857. The third-order valence-corrected chi connectivity index (χ3v) is 1.10. The van der Waals surface area contributed by atoms with Gasteiger partial charge in [0.1, 0.15) is 0 Å². The van der Waals surface area contributed by atoms with Crippen molar-refractivity contribution < 1.29 is 29.6 Å². The van der Waals surface area contributed by atoms with Crippen molar-refractivity contribution in [3.05, 3.63) is 6.92 Å². The van der Waals surface area contributed by atoms with E-state index in [1.807, 2.05) is 0 Å². The molecule has 8 heavy (non-hydrogen) atoms. The van der Waals surface area contributed by atoms with Gasteiger partial charge in [-0.1, -0.05) is 32.6 Å². The molecule has 0 rings (SSSR count). The molecule has 0 spiro atoms. The third-order valence-electron chi connectivity index (χ3n) is 1.10. The maximum absolute atomic E-state index is 3.76. The van der Waals surface area contributed by atoms with Gasteiger partial charge in [0.05, 0.1) is 0 Å². The first kappa shape index (κ1) is 11.8. The van der Waals surface area contributed by atoms with E-state index in [0.29, 0.717) is 0 Å². The molecule has 0 nitrogen and oxygen atoms in total. The van der Waals surface area contributed by atoms with Gasteiger partial charge in [-0.15, -0.1) is 0 Å². The molecule has 0 aromatic rings. The molecule has 1 heteroatoms. The van der Waals surface area contributed by atoms with Crippen LogP contribution >= 0.6 is 0 Å². The SMILES string of the molecule is [CH2-]CCCCCC.[Na+]. The summed E-state index contributed by atoms with van der Waals surface area (Å²) < 4.78 is 0. The van der Waals surface area contributed by atoms with E-state index in [1.165, 1.54) is 25.7 Å². The summed E-state index contributed by atoms with van der Waals surface area (Å²) in [5, 5.41) is 0. The normalized spacial score (nSPS) is 8.25. The zero-order valence-corrected chi connectivity index (χ0v) is 8.24. The number of hydrogen-bond donors (Lipinski definition) is 0. The number of hydrogen-bond acceptors (Lipinski definition) is 0. The number of rotatable bonds is 4. The Hall–Kier alpha value is 1.00. The Morgan fingerprint density at radius 3 is 2.12 bits per heavy atom. The van der Waals surface area contributed by atoms with Crippen LogP contribution in [0.1, 0.15) is 39.0 Å². The van der Waals surface area contributed by atoms with Crippen LogP contribution in [0.4, 0.5) is 0 Å². The van der Waals surface area contributed by atoms with Gasteiger partial charge in [-0.3, -0.25) is 0 Å². The van der Waals surface area contributed by atoms with Crippen LogP contribution in [-0.4, -0.2) is 0 Å². The molecular formula is C7H15Na. The van der Waals surface area contributed by atoms with E-state index in [1.54, 1.807) is 0 Å². The molecule has 0 fully saturated rings. The smallest absolute Gasteiger partial charge is 0.343 e. The minimum Gasteiger partial charge on any atom is -0.343 e. The van der Waals surface area contributed by atoms with Crippen LogP contribution in [-0.2, 0) is 0 Å². The van der Waals surface area contributed by atoms with Gasteiger partial charge in [0.2, 0.25) is 0 Å².